The summed E-state index contributed by atoms with van der Waals surface area (Å²) in [6.45, 7) is -0.213. The maximum Gasteiger partial charge on any atom is 0.277 e. The first-order valence-corrected chi connectivity index (χ1v) is 7.31. The first-order chi connectivity index (χ1) is 11.6. The lowest BCUT2D eigenvalue weighted by Crippen LogP contribution is -2.24. The number of amides is 1. The molecule has 2 rings (SSSR count). The number of carbonyl (C=O) groups excluding carboxylic acids is 1. The Labute approximate surface area is 141 Å². The minimum Gasteiger partial charge on any atom is -0.482 e. The summed E-state index contributed by atoms with van der Waals surface area (Å²) in [5.41, 5.74) is 4.73. The topological polar surface area (TPSA) is 77.7 Å². The molecule has 6 heteroatoms. The van der Waals surface area contributed by atoms with Crippen molar-refractivity contribution >= 4 is 17.8 Å². The van der Waals surface area contributed by atoms with E-state index in [1.165, 1.54) is 0 Å². The van der Waals surface area contributed by atoms with Crippen molar-refractivity contribution in [1.29, 1.82) is 5.26 Å². The Hall–Kier alpha value is -3.33. The fourth-order valence-electron chi connectivity index (χ4n) is 1.90. The number of nitrogens with one attached hydrogen (secondary N) is 1. The molecule has 6 nitrogen and oxygen atoms in total. The minimum absolute atomic E-state index is 0.213. The molecule has 0 bridgehead atoms. The van der Waals surface area contributed by atoms with Crippen LogP contribution in [-0.2, 0) is 4.79 Å². The third-order valence-electron chi connectivity index (χ3n) is 3.18. The highest BCUT2D eigenvalue weighted by Crippen LogP contribution is 2.16. The molecule has 0 saturated heterocycles. The molecule has 0 fully saturated rings. The number of anilines is 1. The zero-order valence-electron chi connectivity index (χ0n) is 13.6. The second-order valence-corrected chi connectivity index (χ2v) is 5.18. The molecular formula is C18H18N4O2. The Morgan fingerprint density at radius 2 is 1.96 bits per heavy atom. The molecule has 0 aliphatic rings. The van der Waals surface area contributed by atoms with Crippen LogP contribution in [0.15, 0.2) is 53.6 Å². The highest BCUT2D eigenvalue weighted by Gasteiger charge is 2.05. The SMILES string of the molecule is CN(C)c1ccc(/C=N\NC(=O)COc2ccccc2C#N)cc1. The lowest BCUT2D eigenvalue weighted by Gasteiger charge is -2.11. The number of para-hydroxylation sites is 1. The van der Waals surface area contributed by atoms with Crippen molar-refractivity contribution in [2.75, 3.05) is 25.6 Å². The smallest absolute Gasteiger partial charge is 0.277 e. The summed E-state index contributed by atoms with van der Waals surface area (Å²) >= 11 is 0. The van der Waals surface area contributed by atoms with Gasteiger partial charge >= 0.3 is 0 Å². The summed E-state index contributed by atoms with van der Waals surface area (Å²) in [6, 6.07) is 16.5. The van der Waals surface area contributed by atoms with Gasteiger partial charge in [-0.15, -0.1) is 0 Å². The van der Waals surface area contributed by atoms with E-state index >= 15 is 0 Å². The maximum atomic E-state index is 11.7. The molecule has 0 unspecified atom stereocenters. The minimum atomic E-state index is -0.399. The van der Waals surface area contributed by atoms with Crippen LogP contribution in [0.25, 0.3) is 0 Å². The lowest BCUT2D eigenvalue weighted by molar-refractivity contribution is -0.123. The highest BCUT2D eigenvalue weighted by molar-refractivity contribution is 5.83. The summed E-state index contributed by atoms with van der Waals surface area (Å²) in [5, 5.41) is 12.8. The summed E-state index contributed by atoms with van der Waals surface area (Å²) in [5.74, 6) is -0.0256. The number of carbonyl (C=O) groups is 1. The van der Waals surface area contributed by atoms with E-state index < -0.39 is 5.91 Å². The van der Waals surface area contributed by atoms with E-state index in [0.717, 1.165) is 11.3 Å². The van der Waals surface area contributed by atoms with Crippen LogP contribution >= 0.6 is 0 Å². The molecule has 24 heavy (non-hydrogen) atoms. The average molecular weight is 322 g/mol. The molecule has 0 aliphatic carbocycles. The second kappa shape index (κ2) is 8.34. The summed E-state index contributed by atoms with van der Waals surface area (Å²) in [4.78, 5) is 13.7. The fourth-order valence-corrected chi connectivity index (χ4v) is 1.90. The molecule has 0 aliphatic heterocycles. The molecular weight excluding hydrogens is 304 g/mol. The van der Waals surface area contributed by atoms with E-state index in [1.54, 1.807) is 30.5 Å². The van der Waals surface area contributed by atoms with Crippen LogP contribution in [0.1, 0.15) is 11.1 Å². The Kier molecular flexibility index (Phi) is 5.92. The van der Waals surface area contributed by atoms with Gasteiger partial charge in [-0.25, -0.2) is 5.43 Å². The number of benzene rings is 2. The van der Waals surface area contributed by atoms with Crippen LogP contribution in [0.2, 0.25) is 0 Å². The van der Waals surface area contributed by atoms with E-state index in [0.29, 0.717) is 11.3 Å². The second-order valence-electron chi connectivity index (χ2n) is 5.18. The Morgan fingerprint density at radius 1 is 1.25 bits per heavy atom. The van der Waals surface area contributed by atoms with E-state index in [1.807, 2.05) is 49.3 Å². The average Bonchev–Trinajstić information content (AvgIpc) is 2.60. The quantitative estimate of drug-likeness (QED) is 0.653. The molecule has 1 N–H and O–H groups in total. The van der Waals surface area contributed by atoms with Crippen molar-refractivity contribution in [2.45, 2.75) is 0 Å². The van der Waals surface area contributed by atoms with Gasteiger partial charge in [0.15, 0.2) is 6.61 Å². The van der Waals surface area contributed by atoms with Crippen LogP contribution in [0.4, 0.5) is 5.69 Å². The van der Waals surface area contributed by atoms with Gasteiger partial charge in [0.2, 0.25) is 0 Å². The largest absolute Gasteiger partial charge is 0.482 e. The molecule has 0 spiro atoms. The number of ether oxygens (including phenoxy) is 1. The Balaban J connectivity index is 1.83. The molecule has 0 radical (unpaired) electrons. The van der Waals surface area contributed by atoms with Gasteiger partial charge in [-0.3, -0.25) is 4.79 Å². The van der Waals surface area contributed by atoms with Crippen molar-refractivity contribution in [2.24, 2.45) is 5.10 Å². The zero-order chi connectivity index (χ0) is 17.4. The van der Waals surface area contributed by atoms with Crippen LogP contribution in [-0.4, -0.2) is 32.8 Å². The van der Waals surface area contributed by atoms with Crippen LogP contribution in [0.3, 0.4) is 0 Å². The number of nitriles is 1. The van der Waals surface area contributed by atoms with Crippen LogP contribution in [0.5, 0.6) is 5.75 Å². The molecule has 0 heterocycles. The van der Waals surface area contributed by atoms with E-state index in [-0.39, 0.29) is 6.61 Å². The normalized spacial score (nSPS) is 10.2. The van der Waals surface area contributed by atoms with Gasteiger partial charge in [0.25, 0.3) is 5.91 Å². The Bertz CT molecular complexity index is 761. The zero-order valence-corrected chi connectivity index (χ0v) is 13.6. The number of nitrogens with zero attached hydrogens (tertiary/aromatic N) is 3. The molecule has 0 aromatic heterocycles. The molecule has 0 saturated carbocycles. The predicted octanol–water partition coefficient (Wildman–Crippen LogP) is 2.15. The van der Waals surface area contributed by atoms with Gasteiger partial charge in [-0.2, -0.15) is 10.4 Å². The lowest BCUT2D eigenvalue weighted by atomic mass is 10.2. The van der Waals surface area contributed by atoms with E-state index in [4.69, 9.17) is 10.00 Å². The number of hydrogen-bond donors (Lipinski definition) is 1. The molecule has 122 valence electrons. The first kappa shape index (κ1) is 17.0. The van der Waals surface area contributed by atoms with Gasteiger partial charge in [0.05, 0.1) is 11.8 Å². The van der Waals surface area contributed by atoms with Crippen molar-refractivity contribution in [1.82, 2.24) is 5.43 Å². The van der Waals surface area contributed by atoms with Crippen LogP contribution < -0.4 is 15.1 Å². The van der Waals surface area contributed by atoms with Crippen molar-refractivity contribution in [3.05, 3.63) is 59.7 Å². The number of hydrazone groups is 1. The van der Waals surface area contributed by atoms with Crippen molar-refractivity contribution in [3.8, 4) is 11.8 Å². The van der Waals surface area contributed by atoms with E-state index in [2.05, 4.69) is 10.5 Å². The summed E-state index contributed by atoms with van der Waals surface area (Å²) in [7, 11) is 3.93. The van der Waals surface area contributed by atoms with Gasteiger partial charge in [-0.1, -0.05) is 24.3 Å². The maximum absolute atomic E-state index is 11.7. The molecule has 2 aromatic carbocycles. The molecule has 0 atom stereocenters. The summed E-state index contributed by atoms with van der Waals surface area (Å²) in [6.07, 6.45) is 1.56. The van der Waals surface area contributed by atoms with Gasteiger partial charge in [-0.05, 0) is 29.8 Å². The highest BCUT2D eigenvalue weighted by atomic mass is 16.5. The standard InChI is InChI=1S/C18H18N4O2/c1-22(2)16-9-7-14(8-10-16)12-20-21-18(23)13-24-17-6-4-3-5-15(17)11-19/h3-10,12H,13H2,1-2H3,(H,21,23)/b20-12-. The van der Waals surface area contributed by atoms with Crippen molar-refractivity contribution in [3.63, 3.8) is 0 Å². The molecule has 1 amide bonds. The number of hydrogen-bond acceptors (Lipinski definition) is 5. The third-order valence-corrected chi connectivity index (χ3v) is 3.18. The fraction of sp³-hybridized carbons (Fsp3) is 0.167. The van der Waals surface area contributed by atoms with Gasteiger partial charge < -0.3 is 9.64 Å². The first-order valence-electron chi connectivity index (χ1n) is 7.31. The van der Waals surface area contributed by atoms with Crippen molar-refractivity contribution < 1.29 is 9.53 Å². The monoisotopic (exact) mass is 322 g/mol. The van der Waals surface area contributed by atoms with Crippen LogP contribution in [0, 0.1) is 11.3 Å². The third kappa shape index (κ3) is 4.85. The van der Waals surface area contributed by atoms with E-state index in [9.17, 15) is 4.79 Å². The predicted molar refractivity (Wildman–Crippen MR) is 93.2 cm³/mol. The van der Waals surface area contributed by atoms with Gasteiger partial charge in [0, 0.05) is 19.8 Å². The summed E-state index contributed by atoms with van der Waals surface area (Å²) < 4.78 is 5.32. The molecule has 2 aromatic rings. The van der Waals surface area contributed by atoms with Gasteiger partial charge in [0.1, 0.15) is 11.8 Å². The number of rotatable bonds is 6. The Morgan fingerprint density at radius 3 is 2.62 bits per heavy atom.